The molecule has 3 rings (SSSR count). The van der Waals surface area contributed by atoms with E-state index >= 15 is 0 Å². The predicted octanol–water partition coefficient (Wildman–Crippen LogP) is 5.65. The number of ether oxygens (including phenoxy) is 5. The van der Waals surface area contributed by atoms with E-state index in [1.165, 1.54) is 0 Å². The number of esters is 1. The molecule has 0 saturated carbocycles. The molecule has 33 heavy (non-hydrogen) atoms. The molecule has 1 aromatic rings. The lowest BCUT2D eigenvalue weighted by molar-refractivity contribution is -0.211. The zero-order chi connectivity index (χ0) is 23.1. The summed E-state index contributed by atoms with van der Waals surface area (Å²) in [5, 5.41) is 0. The van der Waals surface area contributed by atoms with E-state index in [1.54, 1.807) is 0 Å². The summed E-state index contributed by atoms with van der Waals surface area (Å²) in [4.78, 5) is 12.5. The first kappa shape index (κ1) is 25.9. The monoisotopic (exact) mass is 460 g/mol. The first-order chi connectivity index (χ1) is 16.2. The lowest BCUT2D eigenvalue weighted by atomic mass is 10.1. The minimum absolute atomic E-state index is 0.189. The van der Waals surface area contributed by atoms with Crippen LogP contribution in [-0.4, -0.2) is 50.6 Å². The van der Waals surface area contributed by atoms with Gasteiger partial charge in [0, 0.05) is 19.6 Å². The average molecular weight is 461 g/mol. The van der Waals surface area contributed by atoms with Crippen molar-refractivity contribution in [1.29, 1.82) is 0 Å². The number of carbonyl (C=O) groups excluding carboxylic acids is 1. The Labute approximate surface area is 198 Å². The van der Waals surface area contributed by atoms with E-state index in [1.807, 2.05) is 24.3 Å². The first-order valence-corrected chi connectivity index (χ1v) is 12.7. The third-order valence-electron chi connectivity index (χ3n) is 5.90. The molecule has 2 aliphatic heterocycles. The maximum Gasteiger partial charge on any atom is 0.308 e. The van der Waals surface area contributed by atoms with Gasteiger partial charge in [-0.15, -0.1) is 0 Å². The highest BCUT2D eigenvalue weighted by Gasteiger charge is 2.27. The first-order valence-electron chi connectivity index (χ1n) is 12.7. The Morgan fingerprint density at radius 3 is 2.36 bits per heavy atom. The highest BCUT2D eigenvalue weighted by atomic mass is 16.7. The van der Waals surface area contributed by atoms with Gasteiger partial charge in [0.15, 0.2) is 12.6 Å². The summed E-state index contributed by atoms with van der Waals surface area (Å²) < 4.78 is 29.6. The van der Waals surface area contributed by atoms with Crippen LogP contribution in [0.2, 0.25) is 0 Å². The molecule has 2 aliphatic rings. The van der Waals surface area contributed by atoms with Crippen LogP contribution in [-0.2, 0) is 28.5 Å². The van der Waals surface area contributed by atoms with Gasteiger partial charge < -0.3 is 23.7 Å². The van der Waals surface area contributed by atoms with Gasteiger partial charge in [-0.05, 0) is 50.5 Å². The summed E-state index contributed by atoms with van der Waals surface area (Å²) in [6.45, 7) is 3.95. The van der Waals surface area contributed by atoms with Gasteiger partial charge in [-0.1, -0.05) is 55.8 Å². The molecule has 2 heterocycles. The molecule has 4 unspecified atom stereocenters. The van der Waals surface area contributed by atoms with Crippen molar-refractivity contribution in [3.63, 3.8) is 0 Å². The summed E-state index contributed by atoms with van der Waals surface area (Å²) >= 11 is 0. The summed E-state index contributed by atoms with van der Waals surface area (Å²) in [6, 6.07) is 10.1. The molecule has 184 valence electrons. The molecule has 6 nitrogen and oxygen atoms in total. The normalized spacial score (nSPS) is 23.3. The van der Waals surface area contributed by atoms with Crippen LogP contribution < -0.4 is 0 Å². The average Bonchev–Trinajstić information content (AvgIpc) is 2.84. The quantitative estimate of drug-likeness (QED) is 0.280. The Kier molecular flexibility index (Phi) is 11.9. The number of unbranched alkanes of at least 4 members (excludes halogenated alkanes) is 1. The molecule has 2 fully saturated rings. The number of rotatable bonds is 13. The maximum atomic E-state index is 12.5. The smallest absolute Gasteiger partial charge is 0.308 e. The summed E-state index contributed by atoms with van der Waals surface area (Å²) in [7, 11) is 0. The lowest BCUT2D eigenvalue weighted by Gasteiger charge is -2.31. The molecule has 0 bridgehead atoms. The Balaban J connectivity index is 1.66. The Morgan fingerprint density at radius 1 is 1.03 bits per heavy atom. The van der Waals surface area contributed by atoms with E-state index in [-0.39, 0.29) is 37.2 Å². The van der Waals surface area contributed by atoms with Crippen LogP contribution >= 0.6 is 0 Å². The minimum Gasteiger partial charge on any atom is -0.466 e. The largest absolute Gasteiger partial charge is 0.466 e. The van der Waals surface area contributed by atoms with Gasteiger partial charge in [0.05, 0.1) is 25.2 Å². The molecule has 0 aliphatic carbocycles. The minimum atomic E-state index is -0.351. The van der Waals surface area contributed by atoms with Crippen LogP contribution in [0.25, 0.3) is 6.08 Å². The predicted molar refractivity (Wildman–Crippen MR) is 128 cm³/mol. The molecule has 0 N–H and O–H groups in total. The second-order valence-electron chi connectivity index (χ2n) is 8.81. The third kappa shape index (κ3) is 10.4. The van der Waals surface area contributed by atoms with Crippen molar-refractivity contribution in [3.8, 4) is 0 Å². The number of benzene rings is 1. The molecular formula is C27H40O6. The number of hydrogen-bond donors (Lipinski definition) is 0. The van der Waals surface area contributed by atoms with Gasteiger partial charge in [0.2, 0.25) is 0 Å². The number of hydrogen-bond acceptors (Lipinski definition) is 6. The van der Waals surface area contributed by atoms with Crippen molar-refractivity contribution in [3.05, 3.63) is 42.0 Å². The van der Waals surface area contributed by atoms with Gasteiger partial charge in [0.1, 0.15) is 0 Å². The fourth-order valence-corrected chi connectivity index (χ4v) is 4.03. The van der Waals surface area contributed by atoms with E-state index in [4.69, 9.17) is 23.7 Å². The van der Waals surface area contributed by atoms with Crippen LogP contribution in [0.3, 0.4) is 0 Å². The second-order valence-corrected chi connectivity index (χ2v) is 8.81. The van der Waals surface area contributed by atoms with Gasteiger partial charge in [-0.2, -0.15) is 0 Å². The Hall–Kier alpha value is -1.73. The van der Waals surface area contributed by atoms with Crippen LogP contribution in [0.4, 0.5) is 0 Å². The topological polar surface area (TPSA) is 63.2 Å². The van der Waals surface area contributed by atoms with Crippen LogP contribution in [0.1, 0.15) is 76.7 Å². The lowest BCUT2D eigenvalue weighted by Crippen LogP contribution is -2.34. The molecule has 6 heteroatoms. The molecule has 0 aromatic heterocycles. The van der Waals surface area contributed by atoms with E-state index in [0.717, 1.165) is 63.5 Å². The molecule has 2 saturated heterocycles. The van der Waals surface area contributed by atoms with E-state index in [9.17, 15) is 4.79 Å². The molecule has 4 atom stereocenters. The second kappa shape index (κ2) is 15.2. The van der Waals surface area contributed by atoms with Gasteiger partial charge in [-0.25, -0.2) is 0 Å². The summed E-state index contributed by atoms with van der Waals surface area (Å²) in [6.07, 6.45) is 11.6. The van der Waals surface area contributed by atoms with Crippen molar-refractivity contribution < 1.29 is 28.5 Å². The van der Waals surface area contributed by atoms with Crippen LogP contribution in [0.5, 0.6) is 0 Å². The van der Waals surface area contributed by atoms with Gasteiger partial charge >= 0.3 is 5.97 Å². The fraction of sp³-hybridized carbons (Fsp3) is 0.667. The highest BCUT2D eigenvalue weighted by molar-refractivity contribution is 5.70. The molecular weight excluding hydrogens is 420 g/mol. The molecule has 1 aromatic carbocycles. The van der Waals surface area contributed by atoms with E-state index < -0.39 is 0 Å². The van der Waals surface area contributed by atoms with Crippen molar-refractivity contribution in [2.24, 2.45) is 0 Å². The van der Waals surface area contributed by atoms with Crippen molar-refractivity contribution in [2.75, 3.05) is 19.8 Å². The number of carbonyl (C=O) groups is 1. The van der Waals surface area contributed by atoms with Crippen LogP contribution in [0.15, 0.2) is 36.4 Å². The maximum absolute atomic E-state index is 12.5. The third-order valence-corrected chi connectivity index (χ3v) is 5.90. The molecule has 0 radical (unpaired) electrons. The van der Waals surface area contributed by atoms with E-state index in [2.05, 4.69) is 25.1 Å². The zero-order valence-electron chi connectivity index (χ0n) is 20.0. The molecule has 0 spiro atoms. The van der Waals surface area contributed by atoms with Gasteiger partial charge in [-0.3, -0.25) is 4.79 Å². The van der Waals surface area contributed by atoms with Gasteiger partial charge in [0.25, 0.3) is 0 Å². The van der Waals surface area contributed by atoms with Crippen molar-refractivity contribution in [1.82, 2.24) is 0 Å². The van der Waals surface area contributed by atoms with Crippen LogP contribution in [0, 0.1) is 0 Å². The standard InChI is InChI=1S/C27H40O6/c1-2-3-17-29-25(28)21-24(33-27-14-8-10-19-31-27)20-23(32-26-13-7-9-18-30-26)16-15-22-11-5-4-6-12-22/h4-6,11-12,15-16,23-24,26-27H,2-3,7-10,13-14,17-21H2,1H3/b16-15+. The SMILES string of the molecule is CCCCOC(=O)CC(CC(/C=C/c1ccccc1)OC1CCCCO1)OC1CCCCO1. The zero-order valence-corrected chi connectivity index (χ0v) is 20.0. The Morgan fingerprint density at radius 2 is 1.73 bits per heavy atom. The van der Waals surface area contributed by atoms with Crippen molar-refractivity contribution in [2.45, 2.75) is 95.9 Å². The fourth-order valence-electron chi connectivity index (χ4n) is 4.03. The Bertz CT molecular complexity index is 679. The van der Waals surface area contributed by atoms with E-state index in [0.29, 0.717) is 19.6 Å². The summed E-state index contributed by atoms with van der Waals surface area (Å²) in [5.74, 6) is -0.232. The molecule has 0 amide bonds. The van der Waals surface area contributed by atoms with Crippen molar-refractivity contribution >= 4 is 12.0 Å². The highest BCUT2D eigenvalue weighted by Crippen LogP contribution is 2.23. The summed E-state index contributed by atoms with van der Waals surface area (Å²) in [5.41, 5.74) is 1.10.